The van der Waals surface area contributed by atoms with Gasteiger partial charge in [0.25, 0.3) is 0 Å². The molecule has 0 bridgehead atoms. The van der Waals surface area contributed by atoms with Gasteiger partial charge in [0.2, 0.25) is 0 Å². The summed E-state index contributed by atoms with van der Waals surface area (Å²) in [5.74, 6) is -1.60. The predicted molar refractivity (Wildman–Crippen MR) is 147 cm³/mol. The number of amides is 1. The van der Waals surface area contributed by atoms with E-state index in [0.29, 0.717) is 46.0 Å². The normalized spacial score (nSPS) is 18.0. The minimum atomic E-state index is -1.44. The third-order valence-electron chi connectivity index (χ3n) is 7.46. The van der Waals surface area contributed by atoms with Gasteiger partial charge in [-0.3, -0.25) is 15.7 Å². The molecule has 1 aliphatic carbocycles. The van der Waals surface area contributed by atoms with Gasteiger partial charge in [-0.25, -0.2) is 28.5 Å². The van der Waals surface area contributed by atoms with Crippen molar-refractivity contribution in [2.45, 2.75) is 52.0 Å². The van der Waals surface area contributed by atoms with Crippen LogP contribution >= 0.6 is 11.6 Å². The van der Waals surface area contributed by atoms with Crippen molar-refractivity contribution in [1.82, 2.24) is 29.8 Å². The van der Waals surface area contributed by atoms with Crippen molar-refractivity contribution in [3.63, 3.8) is 0 Å². The highest BCUT2D eigenvalue weighted by Crippen LogP contribution is 2.37. The van der Waals surface area contributed by atoms with E-state index >= 15 is 0 Å². The maximum Gasteiger partial charge on any atom is 0.410 e. The van der Waals surface area contributed by atoms with E-state index in [2.05, 4.69) is 21.9 Å². The monoisotopic (exact) mass is 567 g/mol. The number of fused-ring (bicyclic) bond motifs is 1. The highest BCUT2D eigenvalue weighted by molar-refractivity contribution is 6.30. The molecule has 1 fully saturated rings. The lowest BCUT2D eigenvalue weighted by molar-refractivity contribution is 0.200. The van der Waals surface area contributed by atoms with E-state index in [0.717, 1.165) is 25.7 Å². The van der Waals surface area contributed by atoms with Gasteiger partial charge in [0.05, 0.1) is 5.02 Å². The first-order valence-corrected chi connectivity index (χ1v) is 13.4. The van der Waals surface area contributed by atoms with Gasteiger partial charge in [-0.2, -0.15) is 0 Å². The Morgan fingerprint density at radius 3 is 2.52 bits per heavy atom. The molecule has 208 valence electrons. The van der Waals surface area contributed by atoms with Crippen molar-refractivity contribution in [3.8, 4) is 11.3 Å². The molecule has 40 heavy (non-hydrogen) atoms. The SMILES string of the molecule is CC1CCC(Cn2c(C(C)c3c(F)cccc3F)nc3nc(C(=N)NC(=O)O)nc(-c4cncc(Cl)c4)c32)CC1. The van der Waals surface area contributed by atoms with Crippen LogP contribution in [0, 0.1) is 28.9 Å². The molecule has 5 rings (SSSR count). The summed E-state index contributed by atoms with van der Waals surface area (Å²) >= 11 is 6.25. The molecule has 0 aliphatic heterocycles. The second kappa shape index (κ2) is 11.2. The molecule has 0 radical (unpaired) electrons. The molecule has 0 saturated heterocycles. The first-order valence-electron chi connectivity index (χ1n) is 13.0. The number of amidine groups is 1. The fourth-order valence-electron chi connectivity index (χ4n) is 5.41. The number of halogens is 3. The number of aromatic nitrogens is 5. The van der Waals surface area contributed by atoms with E-state index < -0.39 is 29.5 Å². The number of carbonyl (C=O) groups is 1. The van der Waals surface area contributed by atoms with Crippen molar-refractivity contribution in [2.75, 3.05) is 0 Å². The highest BCUT2D eigenvalue weighted by Gasteiger charge is 2.29. The van der Waals surface area contributed by atoms with Crippen molar-refractivity contribution >= 4 is 34.7 Å². The van der Waals surface area contributed by atoms with Gasteiger partial charge < -0.3 is 9.67 Å². The standard InChI is InChI=1S/C28H28ClF2N7O2/c1-14-6-8-16(9-7-14)13-38-23-22(17-10-18(29)12-33-11-17)34-26(24(32)35-28(39)40)36-25(23)37-27(38)15(2)21-19(30)4-3-5-20(21)31/h3-5,10-12,14-16H,6-9,13H2,1-2H3,(H2,32,35)(H,39,40). The third-order valence-corrected chi connectivity index (χ3v) is 7.67. The topological polar surface area (TPSA) is 130 Å². The number of hydrogen-bond acceptors (Lipinski definition) is 6. The lowest BCUT2D eigenvalue weighted by Gasteiger charge is -2.28. The summed E-state index contributed by atoms with van der Waals surface area (Å²) < 4.78 is 31.8. The number of nitrogens with zero attached hydrogens (tertiary/aromatic N) is 5. The molecule has 1 unspecified atom stereocenters. The van der Waals surface area contributed by atoms with Crippen molar-refractivity contribution in [2.24, 2.45) is 11.8 Å². The number of benzene rings is 1. The number of nitrogens with one attached hydrogen (secondary N) is 2. The summed E-state index contributed by atoms with van der Waals surface area (Å²) in [4.78, 5) is 29.1. The molecular formula is C28H28ClF2N7O2. The van der Waals surface area contributed by atoms with Gasteiger partial charge >= 0.3 is 6.09 Å². The summed E-state index contributed by atoms with van der Waals surface area (Å²) in [6.45, 7) is 4.44. The van der Waals surface area contributed by atoms with Gasteiger partial charge in [-0.15, -0.1) is 0 Å². The Kier molecular flexibility index (Phi) is 7.75. The fraction of sp³-hybridized carbons (Fsp3) is 0.357. The second-order valence-corrected chi connectivity index (χ2v) is 10.8. The van der Waals surface area contributed by atoms with Crippen LogP contribution in [0.2, 0.25) is 5.02 Å². The average Bonchev–Trinajstić information content (AvgIpc) is 3.27. The van der Waals surface area contributed by atoms with Crippen LogP contribution < -0.4 is 5.32 Å². The molecule has 9 nitrogen and oxygen atoms in total. The van der Waals surface area contributed by atoms with Gasteiger partial charge in [-0.1, -0.05) is 44.4 Å². The van der Waals surface area contributed by atoms with Crippen molar-refractivity contribution in [1.29, 1.82) is 5.41 Å². The largest absolute Gasteiger partial charge is 0.465 e. The summed E-state index contributed by atoms with van der Waals surface area (Å²) in [7, 11) is 0. The number of carboxylic acid groups (broad SMARTS) is 1. The lowest BCUT2D eigenvalue weighted by atomic mass is 9.83. The van der Waals surface area contributed by atoms with Gasteiger partial charge in [-0.05, 0) is 42.9 Å². The lowest BCUT2D eigenvalue weighted by Crippen LogP contribution is -2.30. The Morgan fingerprint density at radius 2 is 1.88 bits per heavy atom. The molecule has 3 N–H and O–H groups in total. The first-order chi connectivity index (χ1) is 19.1. The van der Waals surface area contributed by atoms with Crippen LogP contribution in [0.4, 0.5) is 13.6 Å². The zero-order chi connectivity index (χ0) is 28.6. The van der Waals surface area contributed by atoms with Crippen molar-refractivity contribution < 1.29 is 18.7 Å². The molecule has 4 aromatic rings. The summed E-state index contributed by atoms with van der Waals surface area (Å²) in [6, 6.07) is 5.39. The van der Waals surface area contributed by atoms with Crippen LogP contribution in [0.3, 0.4) is 0 Å². The number of imidazole rings is 1. The molecule has 12 heteroatoms. The second-order valence-electron chi connectivity index (χ2n) is 10.3. The van der Waals surface area contributed by atoms with E-state index in [9.17, 15) is 13.6 Å². The Balaban J connectivity index is 1.76. The predicted octanol–water partition coefficient (Wildman–Crippen LogP) is 6.39. The Morgan fingerprint density at radius 1 is 1.18 bits per heavy atom. The minimum Gasteiger partial charge on any atom is -0.465 e. The zero-order valence-electron chi connectivity index (χ0n) is 22.0. The van der Waals surface area contributed by atoms with Crippen LogP contribution in [-0.2, 0) is 6.54 Å². The molecule has 1 amide bonds. The molecule has 3 aromatic heterocycles. The van der Waals surface area contributed by atoms with Crippen LogP contribution in [0.15, 0.2) is 36.7 Å². The molecule has 1 aliphatic rings. The quantitative estimate of drug-likeness (QED) is 0.183. The summed E-state index contributed by atoms with van der Waals surface area (Å²) in [6.07, 6.45) is 5.70. The van der Waals surface area contributed by atoms with E-state index in [-0.39, 0.29) is 17.0 Å². The van der Waals surface area contributed by atoms with E-state index in [1.807, 2.05) is 9.88 Å². The van der Waals surface area contributed by atoms with Crippen LogP contribution in [-0.4, -0.2) is 41.5 Å². The van der Waals surface area contributed by atoms with Gasteiger partial charge in [0.1, 0.15) is 28.7 Å². The first kappa shape index (κ1) is 27.6. The van der Waals surface area contributed by atoms with E-state index in [1.54, 1.807) is 19.2 Å². The maximum absolute atomic E-state index is 14.9. The Bertz CT molecular complexity index is 1580. The summed E-state index contributed by atoms with van der Waals surface area (Å²) in [5, 5.41) is 19.7. The molecule has 3 heterocycles. The van der Waals surface area contributed by atoms with Crippen LogP contribution in [0.5, 0.6) is 0 Å². The Hall–Kier alpha value is -3.99. The Labute approximate surface area is 234 Å². The third kappa shape index (κ3) is 5.51. The maximum atomic E-state index is 14.9. The number of pyridine rings is 1. The highest BCUT2D eigenvalue weighted by atomic mass is 35.5. The molecule has 0 spiro atoms. The fourth-order valence-corrected chi connectivity index (χ4v) is 5.58. The minimum absolute atomic E-state index is 0.115. The zero-order valence-corrected chi connectivity index (χ0v) is 22.7. The molecule has 1 saturated carbocycles. The summed E-state index contributed by atoms with van der Waals surface area (Å²) in [5.41, 5.74) is 1.37. The van der Waals surface area contributed by atoms with Crippen LogP contribution in [0.1, 0.15) is 62.7 Å². The smallest absolute Gasteiger partial charge is 0.410 e. The van der Waals surface area contributed by atoms with Crippen LogP contribution in [0.25, 0.3) is 22.4 Å². The van der Waals surface area contributed by atoms with E-state index in [1.165, 1.54) is 24.4 Å². The average molecular weight is 568 g/mol. The van der Waals surface area contributed by atoms with Crippen molar-refractivity contribution in [3.05, 3.63) is 70.5 Å². The molecular weight excluding hydrogens is 540 g/mol. The number of hydrogen-bond donors (Lipinski definition) is 3. The number of rotatable bonds is 6. The molecule has 1 atom stereocenters. The van der Waals surface area contributed by atoms with E-state index in [4.69, 9.17) is 27.1 Å². The van der Waals surface area contributed by atoms with Gasteiger partial charge in [0.15, 0.2) is 17.3 Å². The molecule has 1 aromatic carbocycles. The van der Waals surface area contributed by atoms with Gasteiger partial charge in [0, 0.05) is 36.0 Å².